The van der Waals surface area contributed by atoms with E-state index in [9.17, 15) is 5.11 Å². The van der Waals surface area contributed by atoms with E-state index in [1.807, 2.05) is 30.3 Å². The van der Waals surface area contributed by atoms with E-state index in [1.54, 1.807) is 0 Å². The fourth-order valence-electron chi connectivity index (χ4n) is 2.37. The first-order chi connectivity index (χ1) is 8.64. The fraction of sp³-hybridized carbons (Fsp3) is 0.625. The first-order valence-electron chi connectivity index (χ1n) is 7.17. The highest BCUT2D eigenvalue weighted by atomic mass is 16.3. The third-order valence-electron chi connectivity index (χ3n) is 3.66. The van der Waals surface area contributed by atoms with E-state index in [1.165, 1.54) is 0 Å². The molecule has 0 aliphatic carbocycles. The molecule has 3 N–H and O–H groups in total. The Bertz CT molecular complexity index is 315. The molecule has 0 radical (unpaired) electrons. The molecule has 18 heavy (non-hydrogen) atoms. The summed E-state index contributed by atoms with van der Waals surface area (Å²) >= 11 is 0. The van der Waals surface area contributed by atoms with Crippen molar-refractivity contribution in [2.24, 2.45) is 5.73 Å². The Morgan fingerprint density at radius 1 is 1.06 bits per heavy atom. The molecule has 0 aliphatic rings. The molecule has 0 aromatic heterocycles. The minimum atomic E-state index is -0.757. The van der Waals surface area contributed by atoms with Gasteiger partial charge in [0.05, 0.1) is 11.6 Å². The van der Waals surface area contributed by atoms with Crippen LogP contribution in [-0.2, 0) is 0 Å². The molecular formula is C16H27NO. The van der Waals surface area contributed by atoms with Crippen LogP contribution in [0.15, 0.2) is 30.3 Å². The van der Waals surface area contributed by atoms with Gasteiger partial charge < -0.3 is 10.8 Å². The highest BCUT2D eigenvalue weighted by Crippen LogP contribution is 2.33. The van der Waals surface area contributed by atoms with Gasteiger partial charge in [-0.2, -0.15) is 0 Å². The van der Waals surface area contributed by atoms with Crippen molar-refractivity contribution in [1.82, 2.24) is 0 Å². The highest BCUT2D eigenvalue weighted by molar-refractivity contribution is 5.21. The van der Waals surface area contributed by atoms with Gasteiger partial charge in [-0.3, -0.25) is 0 Å². The van der Waals surface area contributed by atoms with Crippen LogP contribution in [0, 0.1) is 0 Å². The molecule has 1 atom stereocenters. The summed E-state index contributed by atoms with van der Waals surface area (Å²) in [5, 5.41) is 10.9. The molecule has 102 valence electrons. The van der Waals surface area contributed by atoms with Crippen molar-refractivity contribution in [1.29, 1.82) is 0 Å². The standard InChI is InChI=1S/C16H27NO/c1-3-5-12-16(18,13-6-4-2)15(17)14-10-8-7-9-11-14/h7-11,15,18H,3-6,12-13,17H2,1-2H3. The quantitative estimate of drug-likeness (QED) is 0.736. The molecule has 1 rings (SSSR count). The summed E-state index contributed by atoms with van der Waals surface area (Å²) < 4.78 is 0. The van der Waals surface area contributed by atoms with Crippen LogP contribution >= 0.6 is 0 Å². The minimum absolute atomic E-state index is 0.281. The number of aliphatic hydroxyl groups is 1. The Labute approximate surface area is 111 Å². The van der Waals surface area contributed by atoms with Gasteiger partial charge in [0, 0.05) is 0 Å². The number of hydrogen-bond donors (Lipinski definition) is 2. The molecule has 0 bridgehead atoms. The Morgan fingerprint density at radius 3 is 2.00 bits per heavy atom. The lowest BCUT2D eigenvalue weighted by Gasteiger charge is -2.34. The smallest absolute Gasteiger partial charge is 0.0839 e. The second-order valence-corrected chi connectivity index (χ2v) is 5.20. The maximum atomic E-state index is 10.9. The maximum Gasteiger partial charge on any atom is 0.0839 e. The molecule has 0 saturated heterocycles. The van der Waals surface area contributed by atoms with E-state index in [4.69, 9.17) is 5.73 Å². The number of benzene rings is 1. The number of nitrogens with two attached hydrogens (primary N) is 1. The lowest BCUT2D eigenvalue weighted by molar-refractivity contribution is -0.00703. The van der Waals surface area contributed by atoms with Gasteiger partial charge in [-0.05, 0) is 18.4 Å². The summed E-state index contributed by atoms with van der Waals surface area (Å²) in [4.78, 5) is 0. The first-order valence-corrected chi connectivity index (χ1v) is 7.17. The van der Waals surface area contributed by atoms with Crippen LogP contribution in [-0.4, -0.2) is 10.7 Å². The maximum absolute atomic E-state index is 10.9. The van der Waals surface area contributed by atoms with Gasteiger partial charge in [0.15, 0.2) is 0 Å². The Kier molecular flexibility index (Phi) is 6.37. The highest BCUT2D eigenvalue weighted by Gasteiger charge is 2.33. The Morgan fingerprint density at radius 2 is 1.56 bits per heavy atom. The summed E-state index contributed by atoms with van der Waals surface area (Å²) in [7, 11) is 0. The van der Waals surface area contributed by atoms with Crippen molar-refractivity contribution in [2.45, 2.75) is 64.0 Å². The van der Waals surface area contributed by atoms with E-state index in [-0.39, 0.29) is 6.04 Å². The molecule has 0 aliphatic heterocycles. The topological polar surface area (TPSA) is 46.2 Å². The minimum Gasteiger partial charge on any atom is -0.388 e. The molecule has 1 aromatic rings. The zero-order chi connectivity index (χ0) is 13.4. The molecule has 1 aromatic carbocycles. The number of hydrogen-bond acceptors (Lipinski definition) is 2. The molecule has 0 fully saturated rings. The van der Waals surface area contributed by atoms with Gasteiger partial charge in [-0.15, -0.1) is 0 Å². The van der Waals surface area contributed by atoms with Crippen molar-refractivity contribution < 1.29 is 5.11 Å². The summed E-state index contributed by atoms with van der Waals surface area (Å²) in [6.45, 7) is 4.29. The third-order valence-corrected chi connectivity index (χ3v) is 3.66. The van der Waals surface area contributed by atoms with Crippen molar-refractivity contribution in [3.63, 3.8) is 0 Å². The van der Waals surface area contributed by atoms with Gasteiger partial charge >= 0.3 is 0 Å². The van der Waals surface area contributed by atoms with Gasteiger partial charge in [0.25, 0.3) is 0 Å². The van der Waals surface area contributed by atoms with Crippen LogP contribution in [0.3, 0.4) is 0 Å². The summed E-state index contributed by atoms with van der Waals surface area (Å²) in [6, 6.07) is 9.68. The van der Waals surface area contributed by atoms with Crippen LogP contribution in [0.5, 0.6) is 0 Å². The zero-order valence-corrected chi connectivity index (χ0v) is 11.7. The molecule has 0 spiro atoms. The van der Waals surface area contributed by atoms with E-state index >= 15 is 0 Å². The Balaban J connectivity index is 2.80. The first kappa shape index (κ1) is 15.2. The lowest BCUT2D eigenvalue weighted by atomic mass is 9.81. The SMILES string of the molecule is CCCCC(O)(CCCC)C(N)c1ccccc1. The predicted molar refractivity (Wildman–Crippen MR) is 77.4 cm³/mol. The molecule has 0 amide bonds. The second-order valence-electron chi connectivity index (χ2n) is 5.20. The predicted octanol–water partition coefficient (Wildman–Crippen LogP) is 3.80. The molecular weight excluding hydrogens is 222 g/mol. The van der Waals surface area contributed by atoms with Gasteiger partial charge in [0.1, 0.15) is 0 Å². The number of rotatable bonds is 8. The van der Waals surface area contributed by atoms with Gasteiger partial charge in [0.2, 0.25) is 0 Å². The van der Waals surface area contributed by atoms with Crippen LogP contribution in [0.4, 0.5) is 0 Å². The molecule has 1 unspecified atom stereocenters. The average Bonchev–Trinajstić information content (AvgIpc) is 2.43. The monoisotopic (exact) mass is 249 g/mol. The second kappa shape index (κ2) is 7.55. The van der Waals surface area contributed by atoms with Crippen LogP contribution in [0.2, 0.25) is 0 Å². The normalized spacial score (nSPS) is 13.6. The van der Waals surface area contributed by atoms with Gasteiger partial charge in [-0.1, -0.05) is 69.9 Å². The van der Waals surface area contributed by atoms with E-state index < -0.39 is 5.60 Å². The van der Waals surface area contributed by atoms with Crippen molar-refractivity contribution in [3.05, 3.63) is 35.9 Å². The largest absolute Gasteiger partial charge is 0.388 e. The van der Waals surface area contributed by atoms with Crippen molar-refractivity contribution in [2.75, 3.05) is 0 Å². The van der Waals surface area contributed by atoms with Gasteiger partial charge in [-0.25, -0.2) is 0 Å². The Hall–Kier alpha value is -0.860. The van der Waals surface area contributed by atoms with Crippen LogP contribution in [0.25, 0.3) is 0 Å². The van der Waals surface area contributed by atoms with Crippen molar-refractivity contribution in [3.8, 4) is 0 Å². The molecule has 2 nitrogen and oxygen atoms in total. The van der Waals surface area contributed by atoms with E-state index in [0.29, 0.717) is 0 Å². The number of unbranched alkanes of at least 4 members (excludes halogenated alkanes) is 2. The summed E-state index contributed by atoms with van der Waals surface area (Å²) in [6.07, 6.45) is 5.83. The summed E-state index contributed by atoms with van der Waals surface area (Å²) in [5.41, 5.74) is 6.58. The molecule has 0 heterocycles. The van der Waals surface area contributed by atoms with Crippen LogP contribution < -0.4 is 5.73 Å². The third kappa shape index (κ3) is 4.11. The van der Waals surface area contributed by atoms with Crippen LogP contribution in [0.1, 0.15) is 64.0 Å². The van der Waals surface area contributed by atoms with E-state index in [2.05, 4.69) is 13.8 Å². The molecule has 0 saturated carbocycles. The van der Waals surface area contributed by atoms with E-state index in [0.717, 1.165) is 44.1 Å². The average molecular weight is 249 g/mol. The fourth-order valence-corrected chi connectivity index (χ4v) is 2.37. The summed E-state index contributed by atoms with van der Waals surface area (Å²) in [5.74, 6) is 0. The lowest BCUT2D eigenvalue weighted by Crippen LogP contribution is -2.41. The molecule has 2 heteroatoms. The zero-order valence-electron chi connectivity index (χ0n) is 11.7. The van der Waals surface area contributed by atoms with Crippen molar-refractivity contribution >= 4 is 0 Å².